The van der Waals surface area contributed by atoms with E-state index in [0.29, 0.717) is 22.3 Å². The summed E-state index contributed by atoms with van der Waals surface area (Å²) in [5.41, 5.74) is 2.89. The minimum atomic E-state index is -0.801. The van der Waals surface area contributed by atoms with Crippen LogP contribution in [0.15, 0.2) is 88.8 Å². The molecule has 1 N–H and O–H groups in total. The van der Waals surface area contributed by atoms with Gasteiger partial charge in [0.05, 0.1) is 18.7 Å². The van der Waals surface area contributed by atoms with E-state index < -0.39 is 23.5 Å². The fourth-order valence-corrected chi connectivity index (χ4v) is 4.48. The molecule has 36 heavy (non-hydrogen) atoms. The molecule has 3 heterocycles. The molecular formula is C28H25N3O5. The number of benzene rings is 2. The minimum Gasteiger partial charge on any atom is -0.503 e. The molecule has 0 bridgehead atoms. The molecule has 5 rings (SSSR count). The second-order valence-electron chi connectivity index (χ2n) is 8.76. The second-order valence-corrected chi connectivity index (χ2v) is 8.76. The number of aromatic nitrogens is 1. The van der Waals surface area contributed by atoms with Crippen molar-refractivity contribution >= 4 is 28.3 Å². The van der Waals surface area contributed by atoms with Crippen molar-refractivity contribution in [3.8, 4) is 5.75 Å². The maximum Gasteiger partial charge on any atom is 0.290 e. The van der Waals surface area contributed by atoms with Gasteiger partial charge in [0.25, 0.3) is 5.91 Å². The summed E-state index contributed by atoms with van der Waals surface area (Å²) in [6.45, 7) is 0.191. The van der Waals surface area contributed by atoms with Crippen molar-refractivity contribution in [2.45, 2.75) is 12.6 Å². The van der Waals surface area contributed by atoms with Crippen molar-refractivity contribution in [1.29, 1.82) is 0 Å². The van der Waals surface area contributed by atoms with Crippen LogP contribution in [0, 0.1) is 0 Å². The lowest BCUT2D eigenvalue weighted by molar-refractivity contribution is -0.130. The lowest BCUT2D eigenvalue weighted by Crippen LogP contribution is -2.30. The van der Waals surface area contributed by atoms with Gasteiger partial charge in [-0.05, 0) is 47.5 Å². The Balaban J connectivity index is 1.60. The van der Waals surface area contributed by atoms with Crippen LogP contribution < -0.4 is 9.64 Å². The second kappa shape index (κ2) is 9.22. The number of aliphatic hydroxyl groups is 1. The van der Waals surface area contributed by atoms with E-state index in [-0.39, 0.29) is 17.9 Å². The molecule has 1 amide bonds. The van der Waals surface area contributed by atoms with Gasteiger partial charge in [0.1, 0.15) is 0 Å². The zero-order valence-electron chi connectivity index (χ0n) is 20.1. The molecule has 0 radical (unpaired) electrons. The topological polar surface area (TPSA) is 96.1 Å². The molecule has 0 aliphatic carbocycles. The summed E-state index contributed by atoms with van der Waals surface area (Å²) >= 11 is 0. The van der Waals surface area contributed by atoms with Gasteiger partial charge in [-0.3, -0.25) is 14.6 Å². The Hall–Kier alpha value is -4.59. The molecule has 1 unspecified atom stereocenters. The van der Waals surface area contributed by atoms with Crippen LogP contribution in [0.4, 0.5) is 5.69 Å². The number of Topliss-reactive ketones (excluding diaryl/α,β-unsaturated/α-hetero) is 1. The Bertz CT molecular complexity index is 1470. The number of carbonyl (C=O) groups excluding carboxylic acids is 2. The third-order valence-electron chi connectivity index (χ3n) is 6.33. The fraction of sp³-hybridized carbons (Fsp3) is 0.179. The van der Waals surface area contributed by atoms with Crippen molar-refractivity contribution in [1.82, 2.24) is 9.88 Å². The monoisotopic (exact) mass is 483 g/mol. The molecule has 8 heteroatoms. The van der Waals surface area contributed by atoms with Gasteiger partial charge in [0, 0.05) is 44.1 Å². The lowest BCUT2D eigenvalue weighted by Gasteiger charge is -2.27. The average molecular weight is 484 g/mol. The standard InChI is InChI=1S/C28H25N3O5/c1-30(2)20-9-7-18(8-10-20)24-23(26(33)28(34)31(24)16-17-11-13-29-14-12-17)25(32)22-15-19-5-4-6-21(35-3)27(19)36-22/h4-15,24,33H,16H2,1-3H3. The Labute approximate surface area is 208 Å². The van der Waals surface area contributed by atoms with Crippen LogP contribution in [0.1, 0.15) is 27.7 Å². The molecular weight excluding hydrogens is 458 g/mol. The number of rotatable bonds is 7. The van der Waals surface area contributed by atoms with E-state index >= 15 is 0 Å². The summed E-state index contributed by atoms with van der Waals surface area (Å²) in [6, 6.07) is 17.3. The molecule has 8 nitrogen and oxygen atoms in total. The Morgan fingerprint density at radius 1 is 1.11 bits per heavy atom. The molecule has 2 aromatic carbocycles. The summed E-state index contributed by atoms with van der Waals surface area (Å²) in [5, 5.41) is 11.7. The fourth-order valence-electron chi connectivity index (χ4n) is 4.48. The lowest BCUT2D eigenvalue weighted by atomic mass is 9.94. The summed E-state index contributed by atoms with van der Waals surface area (Å²) in [5.74, 6) is -1.25. The van der Waals surface area contributed by atoms with Crippen LogP contribution in [0.3, 0.4) is 0 Å². The molecule has 1 aliphatic rings. The van der Waals surface area contributed by atoms with Gasteiger partial charge in [0.15, 0.2) is 22.9 Å². The van der Waals surface area contributed by atoms with E-state index in [1.54, 1.807) is 48.8 Å². The number of para-hydroxylation sites is 1. The first-order chi connectivity index (χ1) is 17.4. The highest BCUT2D eigenvalue weighted by Gasteiger charge is 2.44. The molecule has 0 saturated carbocycles. The van der Waals surface area contributed by atoms with Crippen molar-refractivity contribution in [2.75, 3.05) is 26.1 Å². The van der Waals surface area contributed by atoms with Gasteiger partial charge in [-0.25, -0.2) is 0 Å². The van der Waals surface area contributed by atoms with E-state index in [1.807, 2.05) is 43.3 Å². The highest BCUT2D eigenvalue weighted by atomic mass is 16.5. The summed E-state index contributed by atoms with van der Waals surface area (Å²) in [7, 11) is 5.38. The Kier molecular flexibility index (Phi) is 5.93. The quantitative estimate of drug-likeness (QED) is 0.381. The SMILES string of the molecule is COc1cccc2cc(C(=O)C3=C(O)C(=O)N(Cc4ccncc4)C3c3ccc(N(C)C)cc3)oc12. The van der Waals surface area contributed by atoms with Crippen LogP contribution in [-0.4, -0.2) is 47.9 Å². The van der Waals surface area contributed by atoms with E-state index in [9.17, 15) is 14.7 Å². The molecule has 2 aromatic heterocycles. The predicted octanol–water partition coefficient (Wildman–Crippen LogP) is 4.68. The van der Waals surface area contributed by atoms with Gasteiger partial charge in [-0.2, -0.15) is 0 Å². The third kappa shape index (κ3) is 3.96. The number of furan rings is 1. The molecule has 182 valence electrons. The molecule has 0 spiro atoms. The molecule has 0 fully saturated rings. The number of aliphatic hydroxyl groups excluding tert-OH is 1. The van der Waals surface area contributed by atoms with Gasteiger partial charge >= 0.3 is 0 Å². The number of fused-ring (bicyclic) bond motifs is 1. The summed E-state index contributed by atoms with van der Waals surface area (Å²) < 4.78 is 11.2. The van der Waals surface area contributed by atoms with Gasteiger partial charge < -0.3 is 24.1 Å². The van der Waals surface area contributed by atoms with Crippen molar-refractivity contribution in [3.63, 3.8) is 0 Å². The first-order valence-electron chi connectivity index (χ1n) is 11.4. The van der Waals surface area contributed by atoms with Crippen LogP contribution >= 0.6 is 0 Å². The highest BCUT2D eigenvalue weighted by Crippen LogP contribution is 2.41. The Morgan fingerprint density at radius 3 is 2.50 bits per heavy atom. The van der Waals surface area contributed by atoms with Crippen LogP contribution in [-0.2, 0) is 11.3 Å². The van der Waals surface area contributed by atoms with Crippen molar-refractivity contribution in [3.05, 3.63) is 101 Å². The third-order valence-corrected chi connectivity index (χ3v) is 6.33. The van der Waals surface area contributed by atoms with Crippen LogP contribution in [0.25, 0.3) is 11.0 Å². The van der Waals surface area contributed by atoms with Gasteiger partial charge in [-0.15, -0.1) is 0 Å². The van der Waals surface area contributed by atoms with Crippen LogP contribution in [0.5, 0.6) is 5.75 Å². The number of hydrogen-bond donors (Lipinski definition) is 1. The first-order valence-corrected chi connectivity index (χ1v) is 11.4. The number of ether oxygens (including phenoxy) is 1. The number of amides is 1. The average Bonchev–Trinajstić information content (AvgIpc) is 3.44. The first kappa shape index (κ1) is 23.2. The number of ketones is 1. The molecule has 1 aliphatic heterocycles. The number of carbonyl (C=O) groups is 2. The van der Waals surface area contributed by atoms with E-state index in [2.05, 4.69) is 4.98 Å². The molecule has 4 aromatic rings. The number of hydrogen-bond acceptors (Lipinski definition) is 7. The largest absolute Gasteiger partial charge is 0.503 e. The maximum atomic E-state index is 13.8. The zero-order valence-corrected chi connectivity index (χ0v) is 20.1. The molecule has 1 atom stereocenters. The van der Waals surface area contributed by atoms with E-state index in [1.165, 1.54) is 12.0 Å². The van der Waals surface area contributed by atoms with Gasteiger partial charge in [-0.1, -0.05) is 24.3 Å². The normalized spacial score (nSPS) is 15.6. The highest BCUT2D eigenvalue weighted by molar-refractivity contribution is 6.16. The van der Waals surface area contributed by atoms with E-state index in [0.717, 1.165) is 11.3 Å². The van der Waals surface area contributed by atoms with Crippen LogP contribution in [0.2, 0.25) is 0 Å². The molecule has 0 saturated heterocycles. The summed E-state index contributed by atoms with van der Waals surface area (Å²) in [4.78, 5) is 34.5. The number of anilines is 1. The van der Waals surface area contributed by atoms with Crippen molar-refractivity contribution < 1.29 is 23.8 Å². The van der Waals surface area contributed by atoms with Crippen molar-refractivity contribution in [2.24, 2.45) is 0 Å². The van der Waals surface area contributed by atoms with E-state index in [4.69, 9.17) is 9.15 Å². The Morgan fingerprint density at radius 2 is 1.83 bits per heavy atom. The summed E-state index contributed by atoms with van der Waals surface area (Å²) in [6.07, 6.45) is 3.27. The zero-order chi connectivity index (χ0) is 25.4. The van der Waals surface area contributed by atoms with Gasteiger partial charge in [0.2, 0.25) is 5.78 Å². The number of methoxy groups -OCH3 is 1. The maximum absolute atomic E-state index is 13.8. The number of nitrogens with zero attached hydrogens (tertiary/aromatic N) is 3. The minimum absolute atomic E-state index is 0.0181. The smallest absolute Gasteiger partial charge is 0.290 e. The predicted molar refractivity (Wildman–Crippen MR) is 135 cm³/mol. The number of pyridine rings is 1.